The van der Waals surface area contributed by atoms with Crippen LogP contribution in [0.4, 0.5) is 0 Å². The first-order valence-electron chi connectivity index (χ1n) is 8.19. The van der Waals surface area contributed by atoms with Gasteiger partial charge in [0.15, 0.2) is 0 Å². The molecule has 0 spiro atoms. The number of para-hydroxylation sites is 2. The summed E-state index contributed by atoms with van der Waals surface area (Å²) in [6, 6.07) is 8.08. The molecule has 3 aromatic rings. The van der Waals surface area contributed by atoms with Gasteiger partial charge < -0.3 is 9.67 Å². The first-order chi connectivity index (χ1) is 11.5. The van der Waals surface area contributed by atoms with Crippen LogP contribution in [-0.2, 0) is 6.54 Å². The number of rotatable bonds is 6. The Kier molecular flexibility index (Phi) is 4.66. The Balaban J connectivity index is 2.08. The molecule has 3 rings (SSSR count). The molecule has 1 aromatic carbocycles. The van der Waals surface area contributed by atoms with Crippen molar-refractivity contribution in [2.24, 2.45) is 0 Å². The third-order valence-corrected chi connectivity index (χ3v) is 5.49. The molecule has 0 unspecified atom stereocenters. The number of carbonyl (C=O) groups is 1. The molecule has 24 heavy (non-hydrogen) atoms. The number of benzene rings is 1. The molecule has 126 valence electrons. The molecule has 0 bridgehead atoms. The Labute approximate surface area is 145 Å². The fourth-order valence-electron chi connectivity index (χ4n) is 3.08. The summed E-state index contributed by atoms with van der Waals surface area (Å²) in [6.45, 7) is 6.66. The van der Waals surface area contributed by atoms with Crippen LogP contribution in [0.25, 0.3) is 11.0 Å². The van der Waals surface area contributed by atoms with Crippen molar-refractivity contribution < 1.29 is 9.90 Å². The summed E-state index contributed by atoms with van der Waals surface area (Å²) in [6.07, 6.45) is 2.05. The van der Waals surface area contributed by atoms with Crippen molar-refractivity contribution in [1.82, 2.24) is 14.5 Å². The lowest BCUT2D eigenvalue weighted by Crippen LogP contribution is -2.09. The van der Waals surface area contributed by atoms with Crippen molar-refractivity contribution >= 4 is 28.3 Å². The number of fused-ring (bicyclic) bond motifs is 1. The average Bonchev–Trinajstić information content (AvgIpc) is 3.11. The van der Waals surface area contributed by atoms with Gasteiger partial charge in [0.1, 0.15) is 15.7 Å². The molecular weight excluding hydrogens is 322 g/mol. The molecule has 0 atom stereocenters. The van der Waals surface area contributed by atoms with Gasteiger partial charge in [-0.25, -0.2) is 14.8 Å². The van der Waals surface area contributed by atoms with Crippen LogP contribution in [0.3, 0.4) is 0 Å². The van der Waals surface area contributed by atoms with Crippen LogP contribution in [0.5, 0.6) is 0 Å². The number of nitrogens with zero attached hydrogens (tertiary/aromatic N) is 3. The van der Waals surface area contributed by atoms with Gasteiger partial charge in [0, 0.05) is 5.92 Å². The van der Waals surface area contributed by atoms with Crippen molar-refractivity contribution in [1.29, 1.82) is 0 Å². The Morgan fingerprint density at radius 1 is 1.25 bits per heavy atom. The molecule has 2 heterocycles. The zero-order valence-corrected chi connectivity index (χ0v) is 14.9. The monoisotopic (exact) mass is 343 g/mol. The summed E-state index contributed by atoms with van der Waals surface area (Å²) in [7, 11) is 0. The molecule has 5 nitrogen and oxygen atoms in total. The predicted molar refractivity (Wildman–Crippen MR) is 96.0 cm³/mol. The van der Waals surface area contributed by atoms with Gasteiger partial charge >= 0.3 is 5.97 Å². The van der Waals surface area contributed by atoms with E-state index < -0.39 is 5.97 Å². The number of hydrogen-bond acceptors (Lipinski definition) is 4. The fourth-order valence-corrected chi connectivity index (χ4v) is 3.97. The summed E-state index contributed by atoms with van der Waals surface area (Å²) >= 11 is 1.25. The highest BCUT2D eigenvalue weighted by atomic mass is 32.1. The summed E-state index contributed by atoms with van der Waals surface area (Å²) in [5.41, 5.74) is 2.63. The van der Waals surface area contributed by atoms with Crippen molar-refractivity contribution in [3.63, 3.8) is 0 Å². The van der Waals surface area contributed by atoms with Crippen molar-refractivity contribution in [2.75, 3.05) is 0 Å². The second-order valence-corrected chi connectivity index (χ2v) is 6.97. The van der Waals surface area contributed by atoms with Crippen LogP contribution in [0.15, 0.2) is 24.3 Å². The number of carboxylic acid groups (broad SMARTS) is 1. The minimum absolute atomic E-state index is 0.318. The van der Waals surface area contributed by atoms with E-state index in [1.54, 1.807) is 6.92 Å². The minimum atomic E-state index is -0.910. The van der Waals surface area contributed by atoms with E-state index >= 15 is 0 Å². The Morgan fingerprint density at radius 3 is 2.58 bits per heavy atom. The van der Waals surface area contributed by atoms with Crippen LogP contribution < -0.4 is 0 Å². The van der Waals surface area contributed by atoms with E-state index in [9.17, 15) is 9.90 Å². The van der Waals surface area contributed by atoms with Crippen molar-refractivity contribution in [2.45, 2.75) is 46.1 Å². The van der Waals surface area contributed by atoms with Gasteiger partial charge in [0.2, 0.25) is 0 Å². The second kappa shape index (κ2) is 6.73. The van der Waals surface area contributed by atoms with Crippen LogP contribution in [0, 0.1) is 6.92 Å². The Bertz CT molecular complexity index is 878. The molecular formula is C18H21N3O2S. The number of imidazole rings is 1. The lowest BCUT2D eigenvalue weighted by molar-refractivity contribution is 0.0701. The zero-order valence-electron chi connectivity index (χ0n) is 14.1. The number of aromatic nitrogens is 3. The van der Waals surface area contributed by atoms with Gasteiger partial charge in [-0.2, -0.15) is 0 Å². The van der Waals surface area contributed by atoms with Gasteiger partial charge in [-0.1, -0.05) is 26.0 Å². The summed E-state index contributed by atoms with van der Waals surface area (Å²) in [5, 5.41) is 10.1. The molecule has 0 aliphatic carbocycles. The first-order valence-corrected chi connectivity index (χ1v) is 9.01. The molecule has 0 aliphatic heterocycles. The average molecular weight is 343 g/mol. The maximum absolute atomic E-state index is 11.3. The highest BCUT2D eigenvalue weighted by molar-refractivity contribution is 7.13. The van der Waals surface area contributed by atoms with Crippen molar-refractivity contribution in [3.8, 4) is 0 Å². The summed E-state index contributed by atoms with van der Waals surface area (Å²) < 4.78 is 2.19. The maximum Gasteiger partial charge on any atom is 0.347 e. The van der Waals surface area contributed by atoms with E-state index in [0.29, 0.717) is 23.0 Å². The third kappa shape index (κ3) is 2.94. The topological polar surface area (TPSA) is 68.0 Å². The summed E-state index contributed by atoms with van der Waals surface area (Å²) in [4.78, 5) is 20.9. The number of aryl methyl sites for hydroxylation is 1. The molecule has 0 saturated heterocycles. The largest absolute Gasteiger partial charge is 0.477 e. The van der Waals surface area contributed by atoms with Crippen LogP contribution in [0.1, 0.15) is 58.8 Å². The van der Waals surface area contributed by atoms with Gasteiger partial charge in [-0.05, 0) is 31.9 Å². The predicted octanol–water partition coefficient (Wildman–Crippen LogP) is 4.45. The first kappa shape index (κ1) is 16.6. The Morgan fingerprint density at radius 2 is 1.96 bits per heavy atom. The standard InChI is InChI=1S/C18H21N3O2S/c1-4-12(5-2)17-20-13-8-6-7-9-14(13)21(17)10-15-19-11(3)16(24-15)18(22)23/h6-9,12H,4-5,10H2,1-3H3,(H,22,23). The molecule has 0 fully saturated rings. The highest BCUT2D eigenvalue weighted by Gasteiger charge is 2.20. The van der Waals surface area contributed by atoms with Gasteiger partial charge in [0.25, 0.3) is 0 Å². The number of thiazole rings is 1. The van der Waals surface area contributed by atoms with E-state index in [2.05, 4.69) is 29.5 Å². The Hall–Kier alpha value is -2.21. The van der Waals surface area contributed by atoms with E-state index in [-0.39, 0.29) is 0 Å². The smallest absolute Gasteiger partial charge is 0.347 e. The van der Waals surface area contributed by atoms with E-state index in [1.807, 2.05) is 18.2 Å². The molecule has 0 aliphatic rings. The molecule has 6 heteroatoms. The van der Waals surface area contributed by atoms with Gasteiger partial charge in [0.05, 0.1) is 23.3 Å². The van der Waals surface area contributed by atoms with E-state index in [1.165, 1.54) is 11.3 Å². The molecule has 0 radical (unpaired) electrons. The minimum Gasteiger partial charge on any atom is -0.477 e. The fraction of sp³-hybridized carbons (Fsp3) is 0.389. The van der Waals surface area contributed by atoms with Gasteiger partial charge in [-0.3, -0.25) is 0 Å². The quantitative estimate of drug-likeness (QED) is 0.718. The summed E-state index contributed by atoms with van der Waals surface area (Å²) in [5.74, 6) is 0.537. The SMILES string of the molecule is CCC(CC)c1nc2ccccc2n1Cc1nc(C)c(C(=O)O)s1. The molecule has 2 aromatic heterocycles. The number of carboxylic acids is 1. The number of hydrogen-bond donors (Lipinski definition) is 1. The zero-order chi connectivity index (χ0) is 17.3. The lowest BCUT2D eigenvalue weighted by Gasteiger charge is -2.14. The van der Waals surface area contributed by atoms with Gasteiger partial charge in [-0.15, -0.1) is 11.3 Å². The molecule has 0 saturated carbocycles. The normalized spacial score (nSPS) is 11.5. The van der Waals surface area contributed by atoms with Crippen LogP contribution >= 0.6 is 11.3 Å². The maximum atomic E-state index is 11.3. The number of aromatic carboxylic acids is 1. The van der Waals surface area contributed by atoms with Crippen LogP contribution in [-0.4, -0.2) is 25.6 Å². The van der Waals surface area contributed by atoms with E-state index in [0.717, 1.165) is 34.7 Å². The van der Waals surface area contributed by atoms with Crippen molar-refractivity contribution in [3.05, 3.63) is 45.7 Å². The molecule has 0 amide bonds. The third-order valence-electron chi connectivity index (χ3n) is 4.36. The van der Waals surface area contributed by atoms with E-state index in [4.69, 9.17) is 4.98 Å². The van der Waals surface area contributed by atoms with Crippen LogP contribution in [0.2, 0.25) is 0 Å². The molecule has 1 N–H and O–H groups in total. The second-order valence-electron chi connectivity index (χ2n) is 5.89. The highest BCUT2D eigenvalue weighted by Crippen LogP contribution is 2.28. The lowest BCUT2D eigenvalue weighted by atomic mass is 10.0.